The Morgan fingerprint density at radius 1 is 0.952 bits per heavy atom. The van der Waals surface area contributed by atoms with E-state index in [2.05, 4.69) is 0 Å². The molecule has 42 heavy (non-hydrogen) atoms. The highest BCUT2D eigenvalue weighted by Crippen LogP contribution is 2.40. The van der Waals surface area contributed by atoms with Crippen molar-refractivity contribution in [3.8, 4) is 5.75 Å². The Bertz CT molecular complexity index is 1250. The molecule has 1 N–H and O–H groups in total. The largest absolute Gasteiger partial charge is 0.484 e. The van der Waals surface area contributed by atoms with Gasteiger partial charge in [0.1, 0.15) is 23.6 Å². The van der Waals surface area contributed by atoms with Crippen LogP contribution >= 0.6 is 0 Å². The van der Waals surface area contributed by atoms with Gasteiger partial charge in [-0.2, -0.15) is 13.2 Å². The van der Waals surface area contributed by atoms with Crippen LogP contribution in [0.2, 0.25) is 0 Å². The number of alkyl halides is 3. The van der Waals surface area contributed by atoms with Crippen molar-refractivity contribution in [1.29, 1.82) is 0 Å². The van der Waals surface area contributed by atoms with Crippen molar-refractivity contribution in [2.75, 3.05) is 13.1 Å². The number of hydrogen-bond acceptors (Lipinski definition) is 6. The van der Waals surface area contributed by atoms with Crippen LogP contribution in [-0.2, 0) is 14.3 Å². The monoisotopic (exact) mass is 590 g/mol. The van der Waals surface area contributed by atoms with Crippen molar-refractivity contribution >= 4 is 18.0 Å². The van der Waals surface area contributed by atoms with Gasteiger partial charge in [-0.25, -0.2) is 9.59 Å². The highest BCUT2D eigenvalue weighted by Gasteiger charge is 2.40. The first-order chi connectivity index (χ1) is 19.7. The van der Waals surface area contributed by atoms with E-state index in [1.54, 1.807) is 32.9 Å². The zero-order valence-corrected chi connectivity index (χ0v) is 24.2. The molecule has 1 saturated heterocycles. The van der Waals surface area contributed by atoms with Crippen LogP contribution in [0.3, 0.4) is 0 Å². The summed E-state index contributed by atoms with van der Waals surface area (Å²) in [5, 5.41) is 1.99. The zero-order valence-electron chi connectivity index (χ0n) is 24.2. The highest BCUT2D eigenvalue weighted by molar-refractivity contribution is 5.89. The summed E-state index contributed by atoms with van der Waals surface area (Å²) < 4.78 is 56.0. The van der Waals surface area contributed by atoms with E-state index in [1.165, 1.54) is 36.1 Å². The fourth-order valence-corrected chi connectivity index (χ4v) is 4.76. The third-order valence-corrected chi connectivity index (χ3v) is 7.04. The van der Waals surface area contributed by atoms with Crippen molar-refractivity contribution in [1.82, 2.24) is 10.2 Å². The summed E-state index contributed by atoms with van der Waals surface area (Å²) in [5.74, 6) is -1.83. The molecule has 0 spiro atoms. The number of amides is 2. The van der Waals surface area contributed by atoms with Gasteiger partial charge in [0.15, 0.2) is 0 Å². The van der Waals surface area contributed by atoms with Crippen molar-refractivity contribution in [3.63, 3.8) is 0 Å². The van der Waals surface area contributed by atoms with E-state index < -0.39 is 48.0 Å². The molecule has 2 aliphatic rings. The van der Waals surface area contributed by atoms with E-state index >= 15 is 0 Å². The van der Waals surface area contributed by atoms with Gasteiger partial charge < -0.3 is 24.4 Å². The van der Waals surface area contributed by atoms with Crippen LogP contribution in [-0.4, -0.2) is 59.9 Å². The molecular weight excluding hydrogens is 553 g/mol. The Kier molecular flexibility index (Phi) is 9.37. The van der Waals surface area contributed by atoms with Gasteiger partial charge in [-0.15, -0.1) is 0 Å². The molecule has 1 aliphatic heterocycles. The maximum Gasteiger partial charge on any atom is 0.471 e. The van der Waals surface area contributed by atoms with Crippen molar-refractivity contribution in [2.45, 2.75) is 89.3 Å². The van der Waals surface area contributed by atoms with E-state index in [1.807, 2.05) is 17.4 Å². The second-order valence-electron chi connectivity index (χ2n) is 11.9. The quantitative estimate of drug-likeness (QED) is 0.363. The lowest BCUT2D eigenvalue weighted by Crippen LogP contribution is -2.45. The normalized spacial score (nSPS) is 18.9. The van der Waals surface area contributed by atoms with Gasteiger partial charge in [0.2, 0.25) is 0 Å². The van der Waals surface area contributed by atoms with E-state index in [9.17, 15) is 27.6 Å². The zero-order chi connectivity index (χ0) is 30.7. The highest BCUT2D eigenvalue weighted by atomic mass is 19.4. The average molecular weight is 591 g/mol. The molecule has 0 radical (unpaired) electrons. The fourth-order valence-electron chi connectivity index (χ4n) is 4.76. The van der Waals surface area contributed by atoms with Crippen LogP contribution in [0.5, 0.6) is 5.75 Å². The number of piperidine rings is 1. The lowest BCUT2D eigenvalue weighted by Gasteiger charge is -2.33. The number of carbonyl (C=O) groups excluding carboxylic acids is 3. The van der Waals surface area contributed by atoms with Crippen LogP contribution in [0.15, 0.2) is 48.5 Å². The maximum absolute atomic E-state index is 12.9. The maximum atomic E-state index is 12.9. The summed E-state index contributed by atoms with van der Waals surface area (Å²) in [5.41, 5.74) is 1.37. The first-order valence-electron chi connectivity index (χ1n) is 14.1. The van der Waals surface area contributed by atoms with Crippen LogP contribution in [0.4, 0.5) is 18.0 Å². The molecule has 2 amide bonds. The van der Waals surface area contributed by atoms with Gasteiger partial charge in [-0.05, 0) is 94.7 Å². The minimum atomic E-state index is -5.03. The Morgan fingerprint density at radius 3 is 2.17 bits per heavy atom. The van der Waals surface area contributed by atoms with Gasteiger partial charge in [0.05, 0.1) is 18.2 Å². The van der Waals surface area contributed by atoms with E-state index in [4.69, 9.17) is 14.2 Å². The molecule has 1 aliphatic carbocycles. The first kappa shape index (κ1) is 31.2. The molecule has 8 nitrogen and oxygen atoms in total. The van der Waals surface area contributed by atoms with Crippen LogP contribution in [0.25, 0.3) is 0 Å². The van der Waals surface area contributed by atoms with Crippen molar-refractivity contribution in [3.05, 3.63) is 65.2 Å². The summed E-state index contributed by atoms with van der Waals surface area (Å²) in [7, 11) is 0. The van der Waals surface area contributed by atoms with Gasteiger partial charge in [-0.3, -0.25) is 4.79 Å². The standard InChI is InChI=1S/C31H37F3N2O6/c1-19(35-28(38)31(32,33)34)26(22-11-9-21(10-12-22)20-7-8-20)40-24-15-13-23(14-16-24)27(37)41-25-6-5-17-36(18-25)29(39)42-30(2,3)4/h9-16,19-20,25-26H,5-8,17-18H2,1-4H3,(H,35,38)/t19?,25-,26?/m0/s1. The molecule has 2 unspecified atom stereocenters. The number of likely N-dealkylation sites (tertiary alicyclic amines) is 1. The lowest BCUT2D eigenvalue weighted by atomic mass is 10.00. The molecule has 1 heterocycles. The number of hydrogen-bond donors (Lipinski definition) is 1. The lowest BCUT2D eigenvalue weighted by molar-refractivity contribution is -0.174. The van der Waals surface area contributed by atoms with Crippen molar-refractivity contribution < 1.29 is 41.8 Å². The number of nitrogens with zero attached hydrogens (tertiary/aromatic N) is 1. The third kappa shape index (κ3) is 8.62. The van der Waals surface area contributed by atoms with E-state index in [0.717, 1.165) is 18.4 Å². The molecule has 3 atom stereocenters. The second-order valence-corrected chi connectivity index (χ2v) is 11.9. The first-order valence-corrected chi connectivity index (χ1v) is 14.1. The predicted molar refractivity (Wildman–Crippen MR) is 148 cm³/mol. The molecule has 1 saturated carbocycles. The molecule has 2 fully saturated rings. The molecule has 2 aromatic rings. The Morgan fingerprint density at radius 2 is 1.60 bits per heavy atom. The molecular formula is C31H37F3N2O6. The number of rotatable bonds is 8. The molecule has 0 bridgehead atoms. The van der Waals surface area contributed by atoms with Gasteiger partial charge in [0.25, 0.3) is 0 Å². The Labute approximate surface area is 243 Å². The summed E-state index contributed by atoms with van der Waals surface area (Å²) in [6, 6.07) is 12.5. The third-order valence-electron chi connectivity index (χ3n) is 7.04. The van der Waals surface area contributed by atoms with Gasteiger partial charge in [-0.1, -0.05) is 24.3 Å². The van der Waals surface area contributed by atoms with E-state index in [0.29, 0.717) is 36.6 Å². The summed E-state index contributed by atoms with van der Waals surface area (Å²) in [6.07, 6.45) is -3.42. The number of carbonyl (C=O) groups is 3. The van der Waals surface area contributed by atoms with Gasteiger partial charge in [0, 0.05) is 6.54 Å². The molecule has 228 valence electrons. The van der Waals surface area contributed by atoms with E-state index in [-0.39, 0.29) is 12.1 Å². The second kappa shape index (κ2) is 12.6. The topological polar surface area (TPSA) is 94.2 Å². The van der Waals surface area contributed by atoms with Crippen molar-refractivity contribution in [2.24, 2.45) is 0 Å². The average Bonchev–Trinajstić information content (AvgIpc) is 3.76. The Balaban J connectivity index is 1.41. The summed E-state index contributed by atoms with van der Waals surface area (Å²) in [4.78, 5) is 38.4. The molecule has 11 heteroatoms. The summed E-state index contributed by atoms with van der Waals surface area (Å²) in [6.45, 7) is 7.54. The predicted octanol–water partition coefficient (Wildman–Crippen LogP) is 6.31. The van der Waals surface area contributed by atoms with Crippen LogP contribution in [0, 0.1) is 0 Å². The number of nitrogens with one attached hydrogen (secondary N) is 1. The number of esters is 1. The number of halogens is 3. The number of benzene rings is 2. The minimum Gasteiger partial charge on any atom is -0.484 e. The SMILES string of the molecule is CC(NC(=O)C(F)(F)F)C(Oc1ccc(C(=O)O[C@H]2CCCN(C(=O)OC(C)(C)C)C2)cc1)c1ccc(C2CC2)cc1. The smallest absolute Gasteiger partial charge is 0.471 e. The Hall–Kier alpha value is -3.76. The van der Waals surface area contributed by atoms with Crippen LogP contribution in [0.1, 0.15) is 86.9 Å². The fraction of sp³-hybridized carbons (Fsp3) is 0.516. The summed E-state index contributed by atoms with van der Waals surface area (Å²) >= 11 is 0. The number of ether oxygens (including phenoxy) is 3. The van der Waals surface area contributed by atoms with Gasteiger partial charge >= 0.3 is 24.1 Å². The minimum absolute atomic E-state index is 0.227. The molecule has 2 aromatic carbocycles. The molecule has 4 rings (SSSR count). The molecule has 0 aromatic heterocycles. The van der Waals surface area contributed by atoms with Crippen LogP contribution < -0.4 is 10.1 Å².